The second kappa shape index (κ2) is 5.85. The van der Waals surface area contributed by atoms with Crippen LogP contribution in [0.25, 0.3) is 0 Å². The quantitative estimate of drug-likeness (QED) is 0.858. The number of likely N-dealkylation sites (N-methyl/N-ethyl adjacent to an activating group) is 1. The van der Waals surface area contributed by atoms with Crippen molar-refractivity contribution in [1.29, 1.82) is 0 Å². The number of rotatable bonds is 4. The maximum Gasteiger partial charge on any atom is 0.0919 e. The van der Waals surface area contributed by atoms with Gasteiger partial charge >= 0.3 is 0 Å². The van der Waals surface area contributed by atoms with Crippen molar-refractivity contribution < 1.29 is 5.11 Å². The average Bonchev–Trinajstić information content (AvgIpc) is 2.24. The molecule has 1 atom stereocenters. The highest BCUT2D eigenvalue weighted by molar-refractivity contribution is 5.41. The predicted octanol–water partition coefficient (Wildman–Crippen LogP) is 3.24. The number of hydrogen-bond acceptors (Lipinski definition) is 2. The molecule has 0 aliphatic heterocycles. The Morgan fingerprint density at radius 2 is 1.67 bits per heavy atom. The Morgan fingerprint density at radius 3 is 2.06 bits per heavy atom. The Labute approximate surface area is 111 Å². The van der Waals surface area contributed by atoms with Crippen LogP contribution in [-0.4, -0.2) is 18.2 Å². The van der Waals surface area contributed by atoms with E-state index in [9.17, 15) is 5.11 Å². The van der Waals surface area contributed by atoms with Crippen LogP contribution in [0.3, 0.4) is 0 Å². The molecule has 2 heteroatoms. The van der Waals surface area contributed by atoms with Crippen molar-refractivity contribution in [1.82, 2.24) is 5.32 Å². The Morgan fingerprint density at radius 1 is 1.17 bits per heavy atom. The molecule has 18 heavy (non-hydrogen) atoms. The van der Waals surface area contributed by atoms with Crippen LogP contribution in [0.4, 0.5) is 0 Å². The molecule has 0 aliphatic carbocycles. The highest BCUT2D eigenvalue weighted by Crippen LogP contribution is 2.29. The van der Waals surface area contributed by atoms with Gasteiger partial charge in [0, 0.05) is 6.54 Å². The van der Waals surface area contributed by atoms with Crippen LogP contribution < -0.4 is 5.32 Å². The molecular formula is C16H27NO. The summed E-state index contributed by atoms with van der Waals surface area (Å²) < 4.78 is 0. The highest BCUT2D eigenvalue weighted by Gasteiger charge is 2.19. The van der Waals surface area contributed by atoms with Crippen LogP contribution in [0, 0.1) is 13.8 Å². The summed E-state index contributed by atoms with van der Waals surface area (Å²) >= 11 is 0. The third-order valence-electron chi connectivity index (χ3n) is 3.38. The fourth-order valence-corrected chi connectivity index (χ4v) is 2.32. The maximum absolute atomic E-state index is 10.2. The second-order valence-electron chi connectivity index (χ2n) is 6.10. The van der Waals surface area contributed by atoms with Gasteiger partial charge in [0.25, 0.3) is 0 Å². The zero-order valence-corrected chi connectivity index (χ0v) is 12.6. The van der Waals surface area contributed by atoms with Crippen molar-refractivity contribution in [3.05, 3.63) is 34.4 Å². The lowest BCUT2D eigenvalue weighted by molar-refractivity contribution is 0.174. The van der Waals surface area contributed by atoms with E-state index < -0.39 is 6.10 Å². The molecule has 0 bridgehead atoms. The Hall–Kier alpha value is -0.860. The summed E-state index contributed by atoms with van der Waals surface area (Å²) in [6, 6.07) is 4.41. The minimum Gasteiger partial charge on any atom is -0.387 e. The van der Waals surface area contributed by atoms with Crippen molar-refractivity contribution in [2.24, 2.45) is 0 Å². The van der Waals surface area contributed by atoms with E-state index in [0.29, 0.717) is 6.54 Å². The van der Waals surface area contributed by atoms with E-state index in [1.807, 2.05) is 0 Å². The topological polar surface area (TPSA) is 32.3 Å². The van der Waals surface area contributed by atoms with Gasteiger partial charge in [-0.15, -0.1) is 0 Å². The molecule has 0 radical (unpaired) electrons. The third kappa shape index (κ3) is 3.56. The zero-order chi connectivity index (χ0) is 13.9. The van der Waals surface area contributed by atoms with E-state index in [-0.39, 0.29) is 5.41 Å². The summed E-state index contributed by atoms with van der Waals surface area (Å²) in [5.41, 5.74) is 4.93. The lowest BCUT2D eigenvalue weighted by Crippen LogP contribution is -2.22. The number of benzene rings is 1. The standard InChI is InChI=1S/C16H27NO/c1-7-17-10-14(18)15-11(2)8-13(9-12(15)3)16(4,5)6/h8-9,14,17-18H,7,10H2,1-6H3. The summed E-state index contributed by atoms with van der Waals surface area (Å²) in [5, 5.41) is 13.4. The molecule has 2 nitrogen and oxygen atoms in total. The van der Waals surface area contributed by atoms with E-state index in [1.165, 1.54) is 16.7 Å². The van der Waals surface area contributed by atoms with Crippen molar-refractivity contribution in [2.45, 2.75) is 53.1 Å². The van der Waals surface area contributed by atoms with Crippen molar-refractivity contribution in [2.75, 3.05) is 13.1 Å². The van der Waals surface area contributed by atoms with Crippen molar-refractivity contribution in [3.63, 3.8) is 0 Å². The fourth-order valence-electron chi connectivity index (χ4n) is 2.32. The minimum atomic E-state index is -0.418. The van der Waals surface area contributed by atoms with Gasteiger partial charge in [-0.05, 0) is 48.1 Å². The number of aliphatic hydroxyl groups is 1. The Balaban J connectivity index is 3.09. The molecule has 1 rings (SSSR count). The molecule has 0 saturated heterocycles. The molecule has 0 heterocycles. The summed E-state index contributed by atoms with van der Waals surface area (Å²) in [6.07, 6.45) is -0.418. The molecular weight excluding hydrogens is 222 g/mol. The number of nitrogens with one attached hydrogen (secondary N) is 1. The number of aryl methyl sites for hydroxylation is 2. The van der Waals surface area contributed by atoms with E-state index in [1.54, 1.807) is 0 Å². The molecule has 2 N–H and O–H groups in total. The number of hydrogen-bond donors (Lipinski definition) is 2. The van der Waals surface area contributed by atoms with E-state index in [2.05, 4.69) is 59.0 Å². The van der Waals surface area contributed by atoms with Gasteiger partial charge in [0.15, 0.2) is 0 Å². The summed E-state index contributed by atoms with van der Waals surface area (Å²) in [5.74, 6) is 0. The SMILES string of the molecule is CCNCC(O)c1c(C)cc(C(C)(C)C)cc1C. The van der Waals surface area contributed by atoms with Gasteiger partial charge in [-0.1, -0.05) is 39.8 Å². The van der Waals surface area contributed by atoms with Crippen LogP contribution in [0.1, 0.15) is 56.1 Å². The van der Waals surface area contributed by atoms with Gasteiger partial charge in [0.1, 0.15) is 0 Å². The van der Waals surface area contributed by atoms with E-state index >= 15 is 0 Å². The van der Waals surface area contributed by atoms with Gasteiger partial charge in [0.2, 0.25) is 0 Å². The molecule has 0 spiro atoms. The van der Waals surface area contributed by atoms with Crippen LogP contribution in [0.5, 0.6) is 0 Å². The molecule has 0 aliphatic rings. The van der Waals surface area contributed by atoms with E-state index in [4.69, 9.17) is 0 Å². The van der Waals surface area contributed by atoms with Gasteiger partial charge in [-0.25, -0.2) is 0 Å². The molecule has 1 unspecified atom stereocenters. The predicted molar refractivity (Wildman–Crippen MR) is 78.1 cm³/mol. The second-order valence-corrected chi connectivity index (χ2v) is 6.10. The largest absolute Gasteiger partial charge is 0.387 e. The third-order valence-corrected chi connectivity index (χ3v) is 3.38. The monoisotopic (exact) mass is 249 g/mol. The van der Waals surface area contributed by atoms with Gasteiger partial charge in [-0.2, -0.15) is 0 Å². The summed E-state index contributed by atoms with van der Waals surface area (Å²) in [6.45, 7) is 14.4. The van der Waals surface area contributed by atoms with Crippen LogP contribution in [-0.2, 0) is 5.41 Å². The number of aliphatic hydroxyl groups excluding tert-OH is 1. The van der Waals surface area contributed by atoms with Gasteiger partial charge < -0.3 is 10.4 Å². The first-order valence-electron chi connectivity index (χ1n) is 6.77. The lowest BCUT2D eigenvalue weighted by Gasteiger charge is -2.24. The van der Waals surface area contributed by atoms with Crippen molar-refractivity contribution >= 4 is 0 Å². The minimum absolute atomic E-state index is 0.153. The maximum atomic E-state index is 10.2. The Kier molecular flexibility index (Phi) is 4.94. The average molecular weight is 249 g/mol. The van der Waals surface area contributed by atoms with Gasteiger partial charge in [0.05, 0.1) is 6.10 Å². The normalized spacial score (nSPS) is 13.7. The lowest BCUT2D eigenvalue weighted by atomic mass is 9.83. The molecule has 1 aromatic rings. The molecule has 0 amide bonds. The summed E-state index contributed by atoms with van der Waals surface area (Å²) in [7, 11) is 0. The summed E-state index contributed by atoms with van der Waals surface area (Å²) in [4.78, 5) is 0. The molecule has 0 aromatic heterocycles. The highest BCUT2D eigenvalue weighted by atomic mass is 16.3. The van der Waals surface area contributed by atoms with Crippen LogP contribution >= 0.6 is 0 Å². The van der Waals surface area contributed by atoms with E-state index in [0.717, 1.165) is 12.1 Å². The first-order valence-corrected chi connectivity index (χ1v) is 6.77. The fraction of sp³-hybridized carbons (Fsp3) is 0.625. The smallest absolute Gasteiger partial charge is 0.0919 e. The Bertz CT molecular complexity index is 381. The zero-order valence-electron chi connectivity index (χ0n) is 12.6. The van der Waals surface area contributed by atoms with Gasteiger partial charge in [-0.3, -0.25) is 0 Å². The molecule has 1 aromatic carbocycles. The molecule has 102 valence electrons. The van der Waals surface area contributed by atoms with Crippen LogP contribution in [0.15, 0.2) is 12.1 Å². The molecule has 0 fully saturated rings. The molecule has 0 saturated carbocycles. The first-order chi connectivity index (χ1) is 8.27. The first kappa shape index (κ1) is 15.2. The van der Waals surface area contributed by atoms with Crippen molar-refractivity contribution in [3.8, 4) is 0 Å². The van der Waals surface area contributed by atoms with Crippen LogP contribution in [0.2, 0.25) is 0 Å².